The van der Waals surface area contributed by atoms with Crippen LogP contribution in [0.15, 0.2) is 53.4 Å². The van der Waals surface area contributed by atoms with E-state index >= 15 is 0 Å². The van der Waals surface area contributed by atoms with Crippen molar-refractivity contribution in [1.82, 2.24) is 14.5 Å². The molecular formula is C24H28ClN3O5S. The van der Waals surface area contributed by atoms with Crippen LogP contribution in [0.5, 0.6) is 0 Å². The van der Waals surface area contributed by atoms with Gasteiger partial charge in [-0.2, -0.15) is 0 Å². The van der Waals surface area contributed by atoms with Crippen molar-refractivity contribution in [2.45, 2.75) is 57.1 Å². The van der Waals surface area contributed by atoms with Gasteiger partial charge in [0.05, 0.1) is 5.56 Å². The summed E-state index contributed by atoms with van der Waals surface area (Å²) in [5.74, 6) is -1.79. The standard InChI is InChI=1S/C24H28ClN3O5S/c1-4-16(3)26-23(30)20(5-2)27(14-17-10-6-8-12-19(17)25)22(29)15-28-24(31)18-11-7-9-13-21(18)34(28,32)33/h6-13,16,20H,4-5,14-15H2,1-3H3,(H,26,30)/t16-,20+/m0/s1. The number of benzene rings is 2. The number of carbonyl (C=O) groups is 3. The molecule has 0 aliphatic carbocycles. The summed E-state index contributed by atoms with van der Waals surface area (Å²) in [6, 6.07) is 11.8. The van der Waals surface area contributed by atoms with Gasteiger partial charge in [0.25, 0.3) is 15.9 Å². The Morgan fingerprint density at radius 1 is 1.06 bits per heavy atom. The molecule has 2 aromatic rings. The molecule has 0 saturated carbocycles. The van der Waals surface area contributed by atoms with Gasteiger partial charge in [0.15, 0.2) is 0 Å². The molecule has 34 heavy (non-hydrogen) atoms. The van der Waals surface area contributed by atoms with Crippen molar-refractivity contribution < 1.29 is 22.8 Å². The fourth-order valence-corrected chi connectivity index (χ4v) is 5.49. The summed E-state index contributed by atoms with van der Waals surface area (Å²) in [6.45, 7) is 4.83. The molecule has 0 bridgehead atoms. The summed E-state index contributed by atoms with van der Waals surface area (Å²) in [4.78, 5) is 40.5. The molecule has 1 heterocycles. The van der Waals surface area contributed by atoms with Crippen LogP contribution in [0.1, 0.15) is 49.5 Å². The van der Waals surface area contributed by atoms with Crippen molar-refractivity contribution in [1.29, 1.82) is 0 Å². The highest BCUT2D eigenvalue weighted by Gasteiger charge is 2.43. The zero-order valence-electron chi connectivity index (χ0n) is 19.3. The highest BCUT2D eigenvalue weighted by Crippen LogP contribution is 2.30. The Labute approximate surface area is 204 Å². The zero-order valence-corrected chi connectivity index (χ0v) is 20.9. The van der Waals surface area contributed by atoms with Gasteiger partial charge in [0, 0.05) is 17.6 Å². The predicted octanol–water partition coefficient (Wildman–Crippen LogP) is 3.21. The molecule has 2 atom stereocenters. The number of nitrogens with one attached hydrogen (secondary N) is 1. The van der Waals surface area contributed by atoms with E-state index in [1.54, 1.807) is 37.3 Å². The third kappa shape index (κ3) is 5.10. The minimum atomic E-state index is -4.17. The van der Waals surface area contributed by atoms with Gasteiger partial charge >= 0.3 is 0 Å². The quantitative estimate of drug-likeness (QED) is 0.563. The van der Waals surface area contributed by atoms with Gasteiger partial charge in [0.1, 0.15) is 17.5 Å². The molecule has 0 radical (unpaired) electrons. The number of hydrogen-bond acceptors (Lipinski definition) is 5. The predicted molar refractivity (Wildman–Crippen MR) is 129 cm³/mol. The van der Waals surface area contributed by atoms with E-state index in [0.29, 0.717) is 27.7 Å². The van der Waals surface area contributed by atoms with E-state index in [1.807, 2.05) is 13.8 Å². The first-order chi connectivity index (χ1) is 16.1. The first-order valence-electron chi connectivity index (χ1n) is 11.1. The van der Waals surface area contributed by atoms with Gasteiger partial charge in [0.2, 0.25) is 11.8 Å². The number of hydrogen-bond donors (Lipinski definition) is 1. The summed E-state index contributed by atoms with van der Waals surface area (Å²) >= 11 is 6.31. The number of nitrogens with zero attached hydrogens (tertiary/aromatic N) is 2. The Kier molecular flexibility index (Phi) is 7.99. The Morgan fingerprint density at radius 2 is 1.71 bits per heavy atom. The highest BCUT2D eigenvalue weighted by molar-refractivity contribution is 7.90. The third-order valence-electron chi connectivity index (χ3n) is 5.88. The van der Waals surface area contributed by atoms with Gasteiger partial charge in [-0.3, -0.25) is 14.4 Å². The van der Waals surface area contributed by atoms with Crippen molar-refractivity contribution >= 4 is 39.3 Å². The maximum absolute atomic E-state index is 13.5. The summed E-state index contributed by atoms with van der Waals surface area (Å²) in [7, 11) is -4.17. The molecule has 1 aliphatic heterocycles. The average molecular weight is 506 g/mol. The Morgan fingerprint density at radius 3 is 2.32 bits per heavy atom. The highest BCUT2D eigenvalue weighted by atomic mass is 35.5. The molecule has 0 fully saturated rings. The number of amides is 3. The summed E-state index contributed by atoms with van der Waals surface area (Å²) in [6.07, 6.45) is 0.999. The molecule has 0 spiro atoms. The van der Waals surface area contributed by atoms with Gasteiger partial charge in [-0.25, -0.2) is 12.7 Å². The number of carbonyl (C=O) groups excluding carboxylic acids is 3. The first kappa shape index (κ1) is 25.7. The maximum atomic E-state index is 13.5. The lowest BCUT2D eigenvalue weighted by molar-refractivity contribution is -0.141. The van der Waals surface area contributed by atoms with Gasteiger partial charge < -0.3 is 10.2 Å². The van der Waals surface area contributed by atoms with E-state index in [1.165, 1.54) is 23.1 Å². The SMILES string of the molecule is CC[C@H](C(=O)N[C@@H](C)CC)N(Cc1ccccc1Cl)C(=O)CN1C(=O)c2ccccc2S1(=O)=O. The summed E-state index contributed by atoms with van der Waals surface area (Å²) in [5, 5.41) is 3.30. The van der Waals surface area contributed by atoms with E-state index in [9.17, 15) is 22.8 Å². The Hall–Kier alpha value is -2.91. The molecule has 182 valence electrons. The Balaban J connectivity index is 1.94. The van der Waals surface area contributed by atoms with Crippen LogP contribution in [-0.4, -0.2) is 54.0 Å². The van der Waals surface area contributed by atoms with E-state index in [4.69, 9.17) is 11.6 Å². The second-order valence-electron chi connectivity index (χ2n) is 8.17. The van der Waals surface area contributed by atoms with Crippen LogP contribution in [0.2, 0.25) is 5.02 Å². The summed E-state index contributed by atoms with van der Waals surface area (Å²) in [5.41, 5.74) is 0.626. The molecule has 0 unspecified atom stereocenters. The summed E-state index contributed by atoms with van der Waals surface area (Å²) < 4.78 is 26.5. The lowest BCUT2D eigenvalue weighted by atomic mass is 10.1. The molecule has 0 saturated heterocycles. The fraction of sp³-hybridized carbons (Fsp3) is 0.375. The zero-order chi connectivity index (χ0) is 25.0. The van der Waals surface area contributed by atoms with Crippen molar-refractivity contribution in [2.75, 3.05) is 6.54 Å². The van der Waals surface area contributed by atoms with Gasteiger partial charge in [-0.05, 0) is 43.5 Å². The first-order valence-corrected chi connectivity index (χ1v) is 12.9. The van der Waals surface area contributed by atoms with Crippen LogP contribution in [0.25, 0.3) is 0 Å². The van der Waals surface area contributed by atoms with E-state index in [0.717, 1.165) is 0 Å². The van der Waals surface area contributed by atoms with Crippen LogP contribution in [0, 0.1) is 0 Å². The number of sulfonamides is 1. The molecular weight excluding hydrogens is 478 g/mol. The normalized spacial score (nSPS) is 16.0. The topological polar surface area (TPSA) is 104 Å². The molecule has 1 aliphatic rings. The molecule has 10 heteroatoms. The second-order valence-corrected chi connectivity index (χ2v) is 10.4. The average Bonchev–Trinajstić information content (AvgIpc) is 3.00. The lowest BCUT2D eigenvalue weighted by Crippen LogP contribution is -2.53. The van der Waals surface area contributed by atoms with Crippen LogP contribution in [-0.2, 0) is 26.2 Å². The van der Waals surface area contributed by atoms with E-state index in [2.05, 4.69) is 5.32 Å². The smallest absolute Gasteiger partial charge is 0.269 e. The number of fused-ring (bicyclic) bond motifs is 1. The van der Waals surface area contributed by atoms with Crippen molar-refractivity contribution in [3.63, 3.8) is 0 Å². The van der Waals surface area contributed by atoms with Crippen LogP contribution in [0.4, 0.5) is 0 Å². The molecule has 8 nitrogen and oxygen atoms in total. The minimum Gasteiger partial charge on any atom is -0.352 e. The molecule has 2 aromatic carbocycles. The second kappa shape index (κ2) is 10.6. The molecule has 0 aromatic heterocycles. The minimum absolute atomic E-state index is 0.0139. The van der Waals surface area contributed by atoms with E-state index in [-0.39, 0.29) is 29.0 Å². The van der Waals surface area contributed by atoms with Crippen LogP contribution in [0.3, 0.4) is 0 Å². The number of rotatable bonds is 9. The lowest BCUT2D eigenvalue weighted by Gasteiger charge is -2.32. The third-order valence-corrected chi connectivity index (χ3v) is 8.03. The largest absolute Gasteiger partial charge is 0.352 e. The molecule has 1 N–H and O–H groups in total. The Bertz CT molecular complexity index is 1200. The molecule has 3 rings (SSSR count). The van der Waals surface area contributed by atoms with Crippen molar-refractivity contribution in [3.8, 4) is 0 Å². The van der Waals surface area contributed by atoms with Crippen molar-refractivity contribution in [3.05, 3.63) is 64.7 Å². The van der Waals surface area contributed by atoms with Crippen LogP contribution >= 0.6 is 11.6 Å². The van der Waals surface area contributed by atoms with Crippen molar-refractivity contribution in [2.24, 2.45) is 0 Å². The van der Waals surface area contributed by atoms with Gasteiger partial charge in [-0.15, -0.1) is 0 Å². The van der Waals surface area contributed by atoms with E-state index < -0.39 is 34.4 Å². The maximum Gasteiger partial charge on any atom is 0.269 e. The monoisotopic (exact) mass is 505 g/mol. The molecule has 3 amide bonds. The van der Waals surface area contributed by atoms with Gasteiger partial charge in [-0.1, -0.05) is 55.8 Å². The van der Waals surface area contributed by atoms with Crippen LogP contribution < -0.4 is 5.32 Å². The fourth-order valence-electron chi connectivity index (χ4n) is 3.77. The number of halogens is 1.